The van der Waals surface area contributed by atoms with Crippen molar-refractivity contribution in [1.29, 1.82) is 0 Å². The van der Waals surface area contributed by atoms with E-state index in [1.807, 2.05) is 0 Å². The maximum atomic E-state index is 12.6. The summed E-state index contributed by atoms with van der Waals surface area (Å²) in [4.78, 5) is 38.3. The summed E-state index contributed by atoms with van der Waals surface area (Å²) in [5.41, 5.74) is 1.60. The number of hydrogen-bond donors (Lipinski definition) is 1. The zero-order valence-corrected chi connectivity index (χ0v) is 16.5. The molecular weight excluding hydrogens is 400 g/mol. The molecule has 0 aliphatic carbocycles. The predicted octanol–water partition coefficient (Wildman–Crippen LogP) is 4.62. The molecule has 0 unspecified atom stereocenters. The lowest BCUT2D eigenvalue weighted by Crippen LogP contribution is -2.33. The van der Waals surface area contributed by atoms with Gasteiger partial charge in [0.1, 0.15) is 0 Å². The van der Waals surface area contributed by atoms with E-state index in [0.717, 1.165) is 22.2 Å². The number of halogens is 1. The monoisotopic (exact) mass is 416 g/mol. The number of rotatable bonds is 6. The number of amides is 2. The molecule has 3 rings (SSSR count). The summed E-state index contributed by atoms with van der Waals surface area (Å²) in [6.45, 7) is 1.92. The molecule has 8 heteroatoms. The number of ether oxygens (including phenoxy) is 1. The number of esters is 1. The largest absolute Gasteiger partial charge is 0.462 e. The first-order valence-corrected chi connectivity index (χ1v) is 9.70. The van der Waals surface area contributed by atoms with Gasteiger partial charge in [-0.05, 0) is 54.6 Å². The molecule has 0 bridgehead atoms. The van der Waals surface area contributed by atoms with Crippen molar-refractivity contribution in [2.24, 2.45) is 0 Å². The minimum atomic E-state index is -0.470. The SMILES string of the molecule is CCOC(=O)c1ccccc1NCN1C(=O)S/C(=C/c2ccc(Cl)cc2)C1=O. The summed E-state index contributed by atoms with van der Waals surface area (Å²) in [6, 6.07) is 13.7. The van der Waals surface area contributed by atoms with Gasteiger partial charge < -0.3 is 10.1 Å². The summed E-state index contributed by atoms with van der Waals surface area (Å²) in [5.74, 6) is -0.867. The van der Waals surface area contributed by atoms with Crippen molar-refractivity contribution in [3.8, 4) is 0 Å². The average Bonchev–Trinajstić information content (AvgIpc) is 2.95. The Morgan fingerprint density at radius 3 is 2.61 bits per heavy atom. The van der Waals surface area contributed by atoms with Crippen LogP contribution in [0.5, 0.6) is 0 Å². The molecule has 28 heavy (non-hydrogen) atoms. The third-order valence-electron chi connectivity index (χ3n) is 3.89. The van der Waals surface area contributed by atoms with E-state index in [2.05, 4.69) is 5.32 Å². The molecule has 0 spiro atoms. The molecule has 6 nitrogen and oxygen atoms in total. The van der Waals surface area contributed by atoms with Crippen LogP contribution >= 0.6 is 23.4 Å². The van der Waals surface area contributed by atoms with Gasteiger partial charge in [-0.25, -0.2) is 4.79 Å². The molecule has 1 aliphatic heterocycles. The van der Waals surface area contributed by atoms with Crippen molar-refractivity contribution >= 4 is 52.2 Å². The highest BCUT2D eigenvalue weighted by atomic mass is 35.5. The van der Waals surface area contributed by atoms with Gasteiger partial charge in [0, 0.05) is 5.02 Å². The highest BCUT2D eigenvalue weighted by molar-refractivity contribution is 8.18. The molecule has 144 valence electrons. The van der Waals surface area contributed by atoms with E-state index in [4.69, 9.17) is 16.3 Å². The maximum Gasteiger partial charge on any atom is 0.340 e. The molecule has 0 saturated carbocycles. The number of para-hydroxylation sites is 1. The third-order valence-corrected chi connectivity index (χ3v) is 5.05. The van der Waals surface area contributed by atoms with Crippen LogP contribution in [0.1, 0.15) is 22.8 Å². The second-order valence-electron chi connectivity index (χ2n) is 5.76. The molecule has 1 heterocycles. The van der Waals surface area contributed by atoms with E-state index < -0.39 is 11.9 Å². The van der Waals surface area contributed by atoms with Gasteiger partial charge in [-0.3, -0.25) is 14.5 Å². The molecule has 0 aromatic heterocycles. The Kier molecular flexibility index (Phi) is 6.38. The Morgan fingerprint density at radius 2 is 1.89 bits per heavy atom. The second kappa shape index (κ2) is 8.95. The van der Waals surface area contributed by atoms with E-state index in [1.165, 1.54) is 0 Å². The number of benzene rings is 2. The molecule has 2 aromatic carbocycles. The van der Waals surface area contributed by atoms with Crippen LogP contribution in [0.3, 0.4) is 0 Å². The van der Waals surface area contributed by atoms with Gasteiger partial charge in [-0.2, -0.15) is 0 Å². The van der Waals surface area contributed by atoms with Crippen LogP contribution in [0.25, 0.3) is 6.08 Å². The topological polar surface area (TPSA) is 75.7 Å². The number of carbonyl (C=O) groups is 3. The summed E-state index contributed by atoms with van der Waals surface area (Å²) in [5, 5.41) is 3.18. The van der Waals surface area contributed by atoms with E-state index in [1.54, 1.807) is 61.5 Å². The van der Waals surface area contributed by atoms with Crippen LogP contribution < -0.4 is 5.32 Å². The number of hydrogen-bond acceptors (Lipinski definition) is 6. The lowest BCUT2D eigenvalue weighted by Gasteiger charge is -2.16. The van der Waals surface area contributed by atoms with Gasteiger partial charge >= 0.3 is 5.97 Å². The van der Waals surface area contributed by atoms with Gasteiger partial charge in [0.25, 0.3) is 11.1 Å². The summed E-state index contributed by atoms with van der Waals surface area (Å²) < 4.78 is 5.03. The van der Waals surface area contributed by atoms with Crippen LogP contribution in [0.2, 0.25) is 5.02 Å². The standard InChI is InChI=1S/C20H17ClN2O4S/c1-2-27-19(25)15-5-3-4-6-16(15)22-12-23-18(24)17(28-20(23)26)11-13-7-9-14(21)10-8-13/h3-11,22H,2,12H2,1H3/b17-11+. The van der Waals surface area contributed by atoms with Gasteiger partial charge in [0.05, 0.1) is 29.4 Å². The van der Waals surface area contributed by atoms with Gasteiger partial charge in [-0.1, -0.05) is 35.9 Å². The molecule has 0 atom stereocenters. The van der Waals surface area contributed by atoms with Crippen LogP contribution in [-0.4, -0.2) is 35.3 Å². The molecule has 2 amide bonds. The third kappa shape index (κ3) is 4.55. The minimum Gasteiger partial charge on any atom is -0.462 e. The fraction of sp³-hybridized carbons (Fsp3) is 0.150. The lowest BCUT2D eigenvalue weighted by molar-refractivity contribution is -0.122. The molecule has 1 N–H and O–H groups in total. The zero-order chi connectivity index (χ0) is 20.1. The minimum absolute atomic E-state index is 0.0565. The number of nitrogens with one attached hydrogen (secondary N) is 1. The van der Waals surface area contributed by atoms with Crippen molar-refractivity contribution in [2.45, 2.75) is 6.92 Å². The van der Waals surface area contributed by atoms with Crippen LogP contribution in [0.15, 0.2) is 53.4 Å². The predicted molar refractivity (Wildman–Crippen MR) is 110 cm³/mol. The van der Waals surface area contributed by atoms with Crippen molar-refractivity contribution in [3.63, 3.8) is 0 Å². The highest BCUT2D eigenvalue weighted by Gasteiger charge is 2.35. The number of imide groups is 1. The van der Waals surface area contributed by atoms with Gasteiger partial charge in [0.15, 0.2) is 0 Å². The first-order chi connectivity index (χ1) is 13.5. The normalized spacial score (nSPS) is 15.2. The molecule has 1 aliphatic rings. The van der Waals surface area contributed by atoms with Crippen molar-refractivity contribution in [2.75, 3.05) is 18.6 Å². The Hall–Kier alpha value is -2.77. The van der Waals surface area contributed by atoms with Crippen LogP contribution in [0, 0.1) is 0 Å². The Bertz CT molecular complexity index is 943. The quantitative estimate of drug-likeness (QED) is 0.547. The molecule has 1 fully saturated rings. The number of anilines is 1. The average molecular weight is 417 g/mol. The van der Waals surface area contributed by atoms with Crippen LogP contribution in [0.4, 0.5) is 10.5 Å². The molecule has 1 saturated heterocycles. The van der Waals surface area contributed by atoms with Gasteiger partial charge in [0.2, 0.25) is 0 Å². The number of thioether (sulfide) groups is 1. The summed E-state index contributed by atoms with van der Waals surface area (Å²) >= 11 is 6.73. The summed E-state index contributed by atoms with van der Waals surface area (Å²) in [6.07, 6.45) is 1.65. The van der Waals surface area contributed by atoms with E-state index in [-0.39, 0.29) is 18.5 Å². The van der Waals surface area contributed by atoms with E-state index in [0.29, 0.717) is 21.2 Å². The summed E-state index contributed by atoms with van der Waals surface area (Å²) in [7, 11) is 0. The van der Waals surface area contributed by atoms with Crippen molar-refractivity contribution in [3.05, 3.63) is 69.6 Å². The van der Waals surface area contributed by atoms with Crippen molar-refractivity contribution < 1.29 is 19.1 Å². The van der Waals surface area contributed by atoms with Gasteiger partial charge in [-0.15, -0.1) is 0 Å². The first kappa shape index (κ1) is 20.0. The smallest absolute Gasteiger partial charge is 0.340 e. The molecule has 0 radical (unpaired) electrons. The molecular formula is C20H17ClN2O4S. The van der Waals surface area contributed by atoms with E-state index in [9.17, 15) is 14.4 Å². The zero-order valence-electron chi connectivity index (χ0n) is 15.0. The lowest BCUT2D eigenvalue weighted by atomic mass is 10.2. The Morgan fingerprint density at radius 1 is 1.18 bits per heavy atom. The fourth-order valence-electron chi connectivity index (χ4n) is 2.54. The first-order valence-electron chi connectivity index (χ1n) is 8.50. The fourth-order valence-corrected chi connectivity index (χ4v) is 3.50. The Balaban J connectivity index is 1.72. The number of nitrogens with zero attached hydrogens (tertiary/aromatic N) is 1. The highest BCUT2D eigenvalue weighted by Crippen LogP contribution is 2.32. The van der Waals surface area contributed by atoms with Crippen LogP contribution in [-0.2, 0) is 9.53 Å². The molecule has 2 aromatic rings. The Labute approximate surface area is 171 Å². The van der Waals surface area contributed by atoms with E-state index >= 15 is 0 Å². The second-order valence-corrected chi connectivity index (χ2v) is 7.19. The maximum absolute atomic E-state index is 12.6. The number of carbonyl (C=O) groups excluding carboxylic acids is 3. The van der Waals surface area contributed by atoms with Crippen molar-refractivity contribution in [1.82, 2.24) is 4.90 Å².